The van der Waals surface area contributed by atoms with Gasteiger partial charge >= 0.3 is 0 Å². The molecule has 0 radical (unpaired) electrons. The Hall–Kier alpha value is -1.81. The van der Waals surface area contributed by atoms with E-state index in [9.17, 15) is 0 Å². The second-order valence-corrected chi connectivity index (χ2v) is 4.93. The van der Waals surface area contributed by atoms with Crippen LogP contribution in [0.1, 0.15) is 35.5 Å². The molecule has 0 amide bonds. The number of aliphatic hydroxyl groups is 1. The SMILES string of the molecule is Cc1nn(C)c(C)c1C(C)Nc1ccc(CO)cc1. The number of rotatable bonds is 4. The fourth-order valence-electron chi connectivity index (χ4n) is 2.45. The maximum Gasteiger partial charge on any atom is 0.0681 e. The molecule has 1 aromatic carbocycles. The lowest BCUT2D eigenvalue weighted by Crippen LogP contribution is -2.09. The van der Waals surface area contributed by atoms with Gasteiger partial charge in [0.25, 0.3) is 0 Å². The van der Waals surface area contributed by atoms with Gasteiger partial charge in [-0.25, -0.2) is 0 Å². The summed E-state index contributed by atoms with van der Waals surface area (Å²) in [5.41, 5.74) is 5.46. The first-order valence-corrected chi connectivity index (χ1v) is 6.49. The van der Waals surface area contributed by atoms with Crippen molar-refractivity contribution >= 4 is 5.69 Å². The van der Waals surface area contributed by atoms with Gasteiger partial charge < -0.3 is 10.4 Å². The quantitative estimate of drug-likeness (QED) is 0.887. The molecule has 2 N–H and O–H groups in total. The molecule has 0 saturated heterocycles. The molecule has 0 aliphatic rings. The summed E-state index contributed by atoms with van der Waals surface area (Å²) in [5, 5.41) is 16.9. The van der Waals surface area contributed by atoms with Crippen LogP contribution in [-0.4, -0.2) is 14.9 Å². The monoisotopic (exact) mass is 259 g/mol. The highest BCUT2D eigenvalue weighted by Crippen LogP contribution is 2.24. The minimum absolute atomic E-state index is 0.0800. The second kappa shape index (κ2) is 5.45. The summed E-state index contributed by atoms with van der Waals surface area (Å²) in [7, 11) is 1.97. The zero-order valence-corrected chi connectivity index (χ0v) is 11.9. The van der Waals surface area contributed by atoms with Gasteiger partial charge in [0.05, 0.1) is 18.3 Å². The van der Waals surface area contributed by atoms with E-state index in [-0.39, 0.29) is 12.6 Å². The van der Waals surface area contributed by atoms with E-state index in [0.29, 0.717) is 0 Å². The van der Waals surface area contributed by atoms with Gasteiger partial charge in [0.1, 0.15) is 0 Å². The predicted molar refractivity (Wildman–Crippen MR) is 77.1 cm³/mol. The Morgan fingerprint density at radius 3 is 2.37 bits per heavy atom. The second-order valence-electron chi connectivity index (χ2n) is 4.93. The number of aryl methyl sites for hydroxylation is 2. The molecule has 19 heavy (non-hydrogen) atoms. The molecule has 0 aliphatic heterocycles. The number of nitrogens with one attached hydrogen (secondary N) is 1. The largest absolute Gasteiger partial charge is 0.392 e. The average Bonchev–Trinajstić information content (AvgIpc) is 2.64. The zero-order chi connectivity index (χ0) is 14.0. The fourth-order valence-corrected chi connectivity index (χ4v) is 2.45. The molecule has 102 valence electrons. The molecule has 0 bridgehead atoms. The van der Waals surface area contributed by atoms with Gasteiger partial charge in [0, 0.05) is 24.0 Å². The van der Waals surface area contributed by atoms with Crippen molar-refractivity contribution in [2.45, 2.75) is 33.4 Å². The molecule has 4 heteroatoms. The number of aliphatic hydroxyl groups excluding tert-OH is 1. The smallest absolute Gasteiger partial charge is 0.0681 e. The number of nitrogens with zero attached hydrogens (tertiary/aromatic N) is 2. The standard InChI is InChI=1S/C15H21N3O/c1-10(15-11(2)17-18(4)12(15)3)16-14-7-5-13(9-19)6-8-14/h5-8,10,16,19H,9H2,1-4H3. The van der Waals surface area contributed by atoms with E-state index in [0.717, 1.165) is 16.9 Å². The van der Waals surface area contributed by atoms with Crippen LogP contribution >= 0.6 is 0 Å². The van der Waals surface area contributed by atoms with Gasteiger partial charge in [0.2, 0.25) is 0 Å². The van der Waals surface area contributed by atoms with Crippen molar-refractivity contribution in [2.24, 2.45) is 7.05 Å². The normalized spacial score (nSPS) is 12.5. The molecular weight excluding hydrogens is 238 g/mol. The molecule has 2 rings (SSSR count). The lowest BCUT2D eigenvalue weighted by atomic mass is 10.1. The van der Waals surface area contributed by atoms with E-state index in [1.54, 1.807) is 0 Å². The van der Waals surface area contributed by atoms with Gasteiger partial charge in [-0.05, 0) is 38.5 Å². The lowest BCUT2D eigenvalue weighted by molar-refractivity contribution is 0.282. The molecule has 0 spiro atoms. The van der Waals surface area contributed by atoms with Crippen LogP contribution in [0.2, 0.25) is 0 Å². The van der Waals surface area contributed by atoms with Gasteiger partial charge in [-0.1, -0.05) is 12.1 Å². The first-order valence-electron chi connectivity index (χ1n) is 6.49. The Bertz CT molecular complexity index is 558. The molecule has 0 aliphatic carbocycles. The molecule has 1 aromatic heterocycles. The third-order valence-corrected chi connectivity index (χ3v) is 3.52. The highest BCUT2D eigenvalue weighted by Gasteiger charge is 2.15. The fraction of sp³-hybridized carbons (Fsp3) is 0.400. The molecule has 4 nitrogen and oxygen atoms in total. The molecule has 2 aromatic rings. The van der Waals surface area contributed by atoms with Crippen LogP contribution in [0.4, 0.5) is 5.69 Å². The van der Waals surface area contributed by atoms with E-state index in [2.05, 4.69) is 24.3 Å². The summed E-state index contributed by atoms with van der Waals surface area (Å²) in [6.45, 7) is 6.34. The Balaban J connectivity index is 2.18. The molecule has 1 atom stereocenters. The van der Waals surface area contributed by atoms with Crippen LogP contribution in [0.25, 0.3) is 0 Å². The third kappa shape index (κ3) is 2.79. The van der Waals surface area contributed by atoms with Crippen molar-refractivity contribution < 1.29 is 5.11 Å². The van der Waals surface area contributed by atoms with Crippen molar-refractivity contribution in [1.82, 2.24) is 9.78 Å². The van der Waals surface area contributed by atoms with Crippen LogP contribution < -0.4 is 5.32 Å². The van der Waals surface area contributed by atoms with Crippen molar-refractivity contribution in [3.8, 4) is 0 Å². The highest BCUT2D eigenvalue weighted by atomic mass is 16.3. The predicted octanol–water partition coefficient (Wildman–Crippen LogP) is 2.70. The van der Waals surface area contributed by atoms with Crippen LogP contribution in [-0.2, 0) is 13.7 Å². The number of aromatic nitrogens is 2. The summed E-state index contributed by atoms with van der Waals surface area (Å²) in [4.78, 5) is 0. The van der Waals surface area contributed by atoms with Gasteiger partial charge in [-0.3, -0.25) is 4.68 Å². The molecule has 0 saturated carbocycles. The molecule has 1 unspecified atom stereocenters. The average molecular weight is 259 g/mol. The summed E-state index contributed by atoms with van der Waals surface area (Å²) in [6.07, 6.45) is 0. The summed E-state index contributed by atoms with van der Waals surface area (Å²) >= 11 is 0. The third-order valence-electron chi connectivity index (χ3n) is 3.52. The maximum absolute atomic E-state index is 9.03. The number of anilines is 1. The first kappa shape index (κ1) is 13.6. The Labute approximate surface area is 114 Å². The maximum atomic E-state index is 9.03. The minimum atomic E-state index is 0.0800. The van der Waals surface area contributed by atoms with Gasteiger partial charge in [-0.2, -0.15) is 5.10 Å². The van der Waals surface area contributed by atoms with Crippen LogP contribution in [0.5, 0.6) is 0 Å². The van der Waals surface area contributed by atoms with E-state index >= 15 is 0 Å². The van der Waals surface area contributed by atoms with Crippen molar-refractivity contribution in [1.29, 1.82) is 0 Å². The Morgan fingerprint density at radius 2 is 1.89 bits per heavy atom. The van der Waals surface area contributed by atoms with Gasteiger partial charge in [0.15, 0.2) is 0 Å². The minimum Gasteiger partial charge on any atom is -0.392 e. The summed E-state index contributed by atoms with van der Waals surface area (Å²) < 4.78 is 1.91. The van der Waals surface area contributed by atoms with E-state index < -0.39 is 0 Å². The van der Waals surface area contributed by atoms with E-state index in [1.807, 2.05) is 42.9 Å². The van der Waals surface area contributed by atoms with E-state index in [1.165, 1.54) is 11.3 Å². The Morgan fingerprint density at radius 1 is 1.26 bits per heavy atom. The van der Waals surface area contributed by atoms with Crippen molar-refractivity contribution in [3.63, 3.8) is 0 Å². The van der Waals surface area contributed by atoms with Crippen LogP contribution in [0.15, 0.2) is 24.3 Å². The highest BCUT2D eigenvalue weighted by molar-refractivity contribution is 5.47. The summed E-state index contributed by atoms with van der Waals surface area (Å²) in [6, 6.07) is 8.04. The van der Waals surface area contributed by atoms with Crippen LogP contribution in [0, 0.1) is 13.8 Å². The number of hydrogen-bond donors (Lipinski definition) is 2. The Kier molecular flexibility index (Phi) is 3.90. The summed E-state index contributed by atoms with van der Waals surface area (Å²) in [5.74, 6) is 0. The lowest BCUT2D eigenvalue weighted by Gasteiger charge is -2.16. The topological polar surface area (TPSA) is 50.1 Å². The first-order chi connectivity index (χ1) is 9.02. The molecule has 0 fully saturated rings. The van der Waals surface area contributed by atoms with Gasteiger partial charge in [-0.15, -0.1) is 0 Å². The van der Waals surface area contributed by atoms with Crippen LogP contribution in [0.3, 0.4) is 0 Å². The molecule has 1 heterocycles. The van der Waals surface area contributed by atoms with E-state index in [4.69, 9.17) is 5.11 Å². The van der Waals surface area contributed by atoms with Crippen molar-refractivity contribution in [3.05, 3.63) is 46.8 Å². The number of hydrogen-bond acceptors (Lipinski definition) is 3. The molecular formula is C15H21N3O. The zero-order valence-electron chi connectivity index (χ0n) is 11.9. The number of benzene rings is 1. The van der Waals surface area contributed by atoms with Crippen molar-refractivity contribution in [2.75, 3.05) is 5.32 Å².